The summed E-state index contributed by atoms with van der Waals surface area (Å²) >= 11 is 3.20. The molecule has 2 aromatic rings. The highest BCUT2D eigenvalue weighted by Gasteiger charge is 2.33. The van der Waals surface area contributed by atoms with Gasteiger partial charge in [0.05, 0.1) is 29.3 Å². The van der Waals surface area contributed by atoms with Crippen molar-refractivity contribution in [1.29, 1.82) is 0 Å². The van der Waals surface area contributed by atoms with Crippen LogP contribution in [0.3, 0.4) is 0 Å². The number of Topliss-reactive ketones (excluding diaryl/α,β-unsaturated/α-hetero) is 1. The number of halogens is 1. The molecule has 0 aliphatic carbocycles. The topological polar surface area (TPSA) is 79.0 Å². The predicted octanol–water partition coefficient (Wildman–Crippen LogP) is 3.54. The first-order chi connectivity index (χ1) is 15.5. The van der Waals surface area contributed by atoms with E-state index in [-0.39, 0.29) is 43.4 Å². The van der Waals surface area contributed by atoms with Gasteiger partial charge in [-0.2, -0.15) is 11.8 Å². The third kappa shape index (κ3) is 5.42. The van der Waals surface area contributed by atoms with Crippen LogP contribution in [0.4, 0.5) is 20.6 Å². The number of carbonyl (C=O) groups is 3. The Balaban J connectivity index is 1.27. The summed E-state index contributed by atoms with van der Waals surface area (Å²) < 4.78 is 20.0. The molecule has 3 heterocycles. The first kappa shape index (κ1) is 22.6. The number of cyclic esters (lactones) is 1. The Labute approximate surface area is 193 Å². The minimum Gasteiger partial charge on any atom is -0.442 e. The van der Waals surface area contributed by atoms with Gasteiger partial charge < -0.3 is 15.0 Å². The number of anilines is 2. The van der Waals surface area contributed by atoms with Gasteiger partial charge in [-0.25, -0.2) is 9.18 Å². The standard InChI is InChI=1S/C22H24FN3O4S2/c23-17-12-15(3-4-18(17)25-7-10-31-11-8-25)26-14-16(30-22(26)29)13-24-21(28)6-5-19(27)20-2-1-9-32-20/h1-4,9,12,16H,5-8,10-11,13-14H2,(H,24,28)/t16-/m0/s1. The van der Waals surface area contributed by atoms with E-state index in [1.54, 1.807) is 24.3 Å². The third-order valence-corrected chi connectivity index (χ3v) is 7.22. The molecule has 170 valence electrons. The van der Waals surface area contributed by atoms with Gasteiger partial charge in [-0.05, 0) is 29.6 Å². The molecule has 0 unspecified atom stereocenters. The molecule has 0 radical (unpaired) electrons. The molecular formula is C22H24FN3O4S2. The van der Waals surface area contributed by atoms with Crippen LogP contribution in [-0.4, -0.2) is 61.6 Å². The van der Waals surface area contributed by atoms with E-state index in [9.17, 15) is 18.8 Å². The van der Waals surface area contributed by atoms with E-state index < -0.39 is 12.2 Å². The quantitative estimate of drug-likeness (QED) is 0.586. The molecule has 1 atom stereocenters. The van der Waals surface area contributed by atoms with Crippen LogP contribution >= 0.6 is 23.1 Å². The van der Waals surface area contributed by atoms with Crippen molar-refractivity contribution in [3.05, 3.63) is 46.4 Å². The predicted molar refractivity (Wildman–Crippen MR) is 124 cm³/mol. The van der Waals surface area contributed by atoms with E-state index in [1.807, 2.05) is 22.0 Å². The van der Waals surface area contributed by atoms with Crippen molar-refractivity contribution in [2.24, 2.45) is 0 Å². The average Bonchev–Trinajstić information content (AvgIpc) is 3.46. The van der Waals surface area contributed by atoms with Crippen molar-refractivity contribution in [1.82, 2.24) is 5.32 Å². The fourth-order valence-electron chi connectivity index (χ4n) is 3.67. The van der Waals surface area contributed by atoms with Gasteiger partial charge in [-0.1, -0.05) is 6.07 Å². The van der Waals surface area contributed by atoms with E-state index in [1.165, 1.54) is 22.3 Å². The Morgan fingerprint density at radius 3 is 2.72 bits per heavy atom. The van der Waals surface area contributed by atoms with Crippen LogP contribution in [0, 0.1) is 5.82 Å². The van der Waals surface area contributed by atoms with Crippen LogP contribution in [0.1, 0.15) is 22.5 Å². The molecular weight excluding hydrogens is 453 g/mol. The van der Waals surface area contributed by atoms with Crippen LogP contribution in [0.15, 0.2) is 35.7 Å². The number of hydrogen-bond donors (Lipinski definition) is 1. The molecule has 0 saturated carbocycles. The molecule has 2 aliphatic rings. The summed E-state index contributed by atoms with van der Waals surface area (Å²) in [5.41, 5.74) is 0.973. The van der Waals surface area contributed by atoms with Gasteiger partial charge in [0.25, 0.3) is 0 Å². The van der Waals surface area contributed by atoms with Crippen molar-refractivity contribution < 1.29 is 23.5 Å². The fraction of sp³-hybridized carbons (Fsp3) is 0.409. The summed E-state index contributed by atoms with van der Waals surface area (Å²) in [5, 5.41) is 4.53. The monoisotopic (exact) mass is 477 g/mol. The number of rotatable bonds is 8. The Hall–Kier alpha value is -2.59. The molecule has 2 amide bonds. The average molecular weight is 478 g/mol. The summed E-state index contributed by atoms with van der Waals surface area (Å²) in [6, 6.07) is 8.31. The molecule has 2 fully saturated rings. The molecule has 0 spiro atoms. The molecule has 2 aliphatic heterocycles. The molecule has 0 bridgehead atoms. The lowest BCUT2D eigenvalue weighted by Gasteiger charge is -2.29. The number of ketones is 1. The maximum Gasteiger partial charge on any atom is 0.414 e. The Bertz CT molecular complexity index is 980. The van der Waals surface area contributed by atoms with Crippen LogP contribution in [0.25, 0.3) is 0 Å². The number of ether oxygens (including phenoxy) is 1. The highest BCUT2D eigenvalue weighted by molar-refractivity contribution is 7.99. The zero-order valence-electron chi connectivity index (χ0n) is 17.4. The molecule has 1 aromatic heterocycles. The van der Waals surface area contributed by atoms with Gasteiger partial charge in [0.15, 0.2) is 5.78 Å². The molecule has 4 rings (SSSR count). The van der Waals surface area contributed by atoms with Crippen LogP contribution in [0.2, 0.25) is 0 Å². The molecule has 1 aromatic carbocycles. The summed E-state index contributed by atoms with van der Waals surface area (Å²) in [4.78, 5) is 40.4. The lowest BCUT2D eigenvalue weighted by atomic mass is 10.2. The van der Waals surface area contributed by atoms with Crippen LogP contribution in [0.5, 0.6) is 0 Å². The van der Waals surface area contributed by atoms with Gasteiger partial charge in [-0.3, -0.25) is 14.5 Å². The maximum atomic E-state index is 14.7. The van der Waals surface area contributed by atoms with E-state index in [0.717, 1.165) is 24.6 Å². The molecule has 7 nitrogen and oxygen atoms in total. The van der Waals surface area contributed by atoms with Crippen molar-refractivity contribution in [3.63, 3.8) is 0 Å². The van der Waals surface area contributed by atoms with Gasteiger partial charge >= 0.3 is 6.09 Å². The maximum absolute atomic E-state index is 14.7. The zero-order chi connectivity index (χ0) is 22.5. The SMILES string of the molecule is O=C(CCC(=O)c1cccs1)NC[C@H]1CN(c2ccc(N3CCSCC3)c(F)c2)C(=O)O1. The van der Waals surface area contributed by atoms with E-state index in [2.05, 4.69) is 5.32 Å². The van der Waals surface area contributed by atoms with Crippen molar-refractivity contribution in [2.45, 2.75) is 18.9 Å². The van der Waals surface area contributed by atoms with Crippen molar-refractivity contribution in [2.75, 3.05) is 47.5 Å². The van der Waals surface area contributed by atoms with Gasteiger partial charge in [0, 0.05) is 37.4 Å². The van der Waals surface area contributed by atoms with Gasteiger partial charge in [0.1, 0.15) is 11.9 Å². The van der Waals surface area contributed by atoms with E-state index in [0.29, 0.717) is 16.3 Å². The second-order valence-corrected chi connectivity index (χ2v) is 9.73. The normalized spacial score (nSPS) is 18.5. The Kier molecular flexibility index (Phi) is 7.31. The molecule has 2 saturated heterocycles. The molecule has 1 N–H and O–H groups in total. The van der Waals surface area contributed by atoms with Gasteiger partial charge in [0.2, 0.25) is 5.91 Å². The van der Waals surface area contributed by atoms with E-state index in [4.69, 9.17) is 4.74 Å². The molecule has 10 heteroatoms. The summed E-state index contributed by atoms with van der Waals surface area (Å²) in [6.07, 6.45) is -0.910. The minimum atomic E-state index is -0.571. The lowest BCUT2D eigenvalue weighted by molar-refractivity contribution is -0.121. The van der Waals surface area contributed by atoms with Gasteiger partial charge in [-0.15, -0.1) is 11.3 Å². The molecule has 32 heavy (non-hydrogen) atoms. The number of thiophene rings is 1. The third-order valence-electron chi connectivity index (χ3n) is 5.37. The highest BCUT2D eigenvalue weighted by Crippen LogP contribution is 2.29. The van der Waals surface area contributed by atoms with Crippen molar-refractivity contribution >= 4 is 52.3 Å². The second kappa shape index (κ2) is 10.4. The summed E-state index contributed by atoms with van der Waals surface area (Å²) in [6.45, 7) is 1.95. The zero-order valence-corrected chi connectivity index (χ0v) is 19.1. The lowest BCUT2D eigenvalue weighted by Crippen LogP contribution is -2.35. The fourth-order valence-corrected chi connectivity index (χ4v) is 5.26. The largest absolute Gasteiger partial charge is 0.442 e. The Morgan fingerprint density at radius 2 is 2.00 bits per heavy atom. The summed E-state index contributed by atoms with van der Waals surface area (Å²) in [7, 11) is 0. The van der Waals surface area contributed by atoms with Crippen LogP contribution < -0.4 is 15.1 Å². The smallest absolute Gasteiger partial charge is 0.414 e. The number of benzene rings is 1. The van der Waals surface area contributed by atoms with E-state index >= 15 is 0 Å². The number of nitrogens with zero attached hydrogens (tertiary/aromatic N) is 2. The number of hydrogen-bond acceptors (Lipinski definition) is 7. The highest BCUT2D eigenvalue weighted by atomic mass is 32.2. The first-order valence-corrected chi connectivity index (χ1v) is 12.5. The first-order valence-electron chi connectivity index (χ1n) is 10.4. The summed E-state index contributed by atoms with van der Waals surface area (Å²) in [5.74, 6) is 1.22. The number of nitrogens with one attached hydrogen (secondary N) is 1. The number of carbonyl (C=O) groups excluding carboxylic acids is 3. The van der Waals surface area contributed by atoms with Crippen molar-refractivity contribution in [3.8, 4) is 0 Å². The Morgan fingerprint density at radius 1 is 1.19 bits per heavy atom. The van der Waals surface area contributed by atoms with Crippen LogP contribution in [-0.2, 0) is 9.53 Å². The number of thioether (sulfide) groups is 1. The number of amides is 2. The second-order valence-electron chi connectivity index (χ2n) is 7.56. The minimum absolute atomic E-state index is 0.0672.